The van der Waals surface area contributed by atoms with E-state index in [1.807, 2.05) is 43.3 Å². The second-order valence-electron chi connectivity index (χ2n) is 16.8. The van der Waals surface area contributed by atoms with Crippen molar-refractivity contribution in [2.75, 3.05) is 19.8 Å². The third-order valence-electron chi connectivity index (χ3n) is 11.7. The van der Waals surface area contributed by atoms with Crippen molar-refractivity contribution >= 4 is 0 Å². The van der Waals surface area contributed by atoms with Crippen LogP contribution in [0.1, 0.15) is 181 Å². The summed E-state index contributed by atoms with van der Waals surface area (Å²) in [5, 5.41) is 0. The summed E-state index contributed by atoms with van der Waals surface area (Å²) < 4.78 is 24.6. The Morgan fingerprint density at radius 2 is 1.30 bits per heavy atom. The van der Waals surface area contributed by atoms with Crippen LogP contribution in [0, 0.1) is 29.6 Å². The Kier molecular flexibility index (Phi) is 27.7. The van der Waals surface area contributed by atoms with Crippen molar-refractivity contribution in [2.45, 2.75) is 187 Å². The molecule has 0 saturated heterocycles. The molecule has 1 saturated carbocycles. The van der Waals surface area contributed by atoms with E-state index in [0.29, 0.717) is 23.7 Å². The highest BCUT2D eigenvalue weighted by molar-refractivity contribution is 5.36. The number of benzene rings is 1. The van der Waals surface area contributed by atoms with Gasteiger partial charge in [-0.2, -0.15) is 0 Å². The van der Waals surface area contributed by atoms with Crippen molar-refractivity contribution in [1.29, 1.82) is 0 Å². The van der Waals surface area contributed by atoms with Crippen LogP contribution in [0.2, 0.25) is 0 Å². The Hall–Kier alpha value is -3.16. The van der Waals surface area contributed by atoms with Crippen molar-refractivity contribution in [1.82, 2.24) is 0 Å². The first kappa shape index (κ1) is 48.2. The molecule has 4 heteroatoms. The lowest BCUT2D eigenvalue weighted by atomic mass is 9.88. The zero-order valence-corrected chi connectivity index (χ0v) is 36.6. The zero-order chi connectivity index (χ0) is 40.4. The SMILES string of the molecule is C=CCCCCCCCCCCCCOC1CCC(COc2ccc(O/C(C#CC3C=CC(OCCCCCCCCCCCC(C)C=C)=CC3)=C/C)cc2)CC1. The first-order valence-electron chi connectivity index (χ1n) is 23.5. The van der Waals surface area contributed by atoms with Crippen LogP contribution in [0.5, 0.6) is 11.5 Å². The number of ether oxygens (including phenoxy) is 4. The smallest absolute Gasteiger partial charge is 0.173 e. The van der Waals surface area contributed by atoms with Crippen LogP contribution >= 0.6 is 0 Å². The molecule has 0 aromatic heterocycles. The minimum absolute atomic E-state index is 0.163. The second-order valence-corrected chi connectivity index (χ2v) is 16.8. The van der Waals surface area contributed by atoms with Crippen LogP contribution < -0.4 is 9.47 Å². The highest BCUT2D eigenvalue weighted by Gasteiger charge is 2.22. The van der Waals surface area contributed by atoms with Crippen LogP contribution in [0.4, 0.5) is 0 Å². The second kappa shape index (κ2) is 32.8. The predicted molar refractivity (Wildman–Crippen MR) is 244 cm³/mol. The fraction of sp³-hybridized carbons (Fsp3) is 0.660. The van der Waals surface area contributed by atoms with Gasteiger partial charge in [0.2, 0.25) is 0 Å². The molecule has 2 aliphatic rings. The predicted octanol–water partition coefficient (Wildman–Crippen LogP) is 15.6. The van der Waals surface area contributed by atoms with Crippen LogP contribution in [0.3, 0.4) is 0 Å². The molecule has 0 amide bonds. The minimum Gasteiger partial charge on any atom is -0.494 e. The average Bonchev–Trinajstić information content (AvgIpc) is 3.24. The first-order chi connectivity index (χ1) is 28.1. The fourth-order valence-corrected chi connectivity index (χ4v) is 7.71. The molecular formula is C53H82O4. The van der Waals surface area contributed by atoms with Crippen molar-refractivity contribution in [3.8, 4) is 23.3 Å². The quantitative estimate of drug-likeness (QED) is 0.0308. The van der Waals surface area contributed by atoms with Crippen molar-refractivity contribution in [3.63, 3.8) is 0 Å². The lowest BCUT2D eigenvalue weighted by molar-refractivity contribution is 0.0110. The number of allylic oxidation sites excluding steroid dienone is 7. The maximum atomic E-state index is 6.25. The van der Waals surface area contributed by atoms with Crippen LogP contribution in [-0.4, -0.2) is 25.9 Å². The maximum Gasteiger partial charge on any atom is 0.173 e. The molecule has 2 atom stereocenters. The molecule has 1 aromatic rings. The molecule has 57 heavy (non-hydrogen) atoms. The molecule has 1 fully saturated rings. The van der Waals surface area contributed by atoms with E-state index in [9.17, 15) is 0 Å². The van der Waals surface area contributed by atoms with E-state index in [0.717, 1.165) is 62.8 Å². The molecule has 2 aliphatic carbocycles. The molecule has 318 valence electrons. The molecule has 2 unspecified atom stereocenters. The van der Waals surface area contributed by atoms with Gasteiger partial charge in [-0.15, -0.1) is 13.2 Å². The minimum atomic E-state index is 0.163. The summed E-state index contributed by atoms with van der Waals surface area (Å²) in [5.74, 6) is 11.3. The largest absolute Gasteiger partial charge is 0.494 e. The highest BCUT2D eigenvalue weighted by Crippen LogP contribution is 2.28. The monoisotopic (exact) mass is 783 g/mol. The Balaban J connectivity index is 1.17. The number of hydrogen-bond acceptors (Lipinski definition) is 4. The van der Waals surface area contributed by atoms with Crippen LogP contribution in [0.25, 0.3) is 0 Å². The van der Waals surface area contributed by atoms with Crippen LogP contribution in [0.15, 0.2) is 85.4 Å². The van der Waals surface area contributed by atoms with Crippen molar-refractivity contribution < 1.29 is 18.9 Å². The Morgan fingerprint density at radius 3 is 1.88 bits per heavy atom. The molecule has 0 N–H and O–H groups in total. The van der Waals surface area contributed by atoms with Gasteiger partial charge in [0.05, 0.1) is 19.3 Å². The average molecular weight is 783 g/mol. The van der Waals surface area contributed by atoms with E-state index in [1.54, 1.807) is 0 Å². The van der Waals surface area contributed by atoms with Gasteiger partial charge in [-0.3, -0.25) is 0 Å². The van der Waals surface area contributed by atoms with Gasteiger partial charge in [-0.25, -0.2) is 0 Å². The summed E-state index contributed by atoms with van der Waals surface area (Å²) in [6.45, 7) is 14.4. The lowest BCUT2D eigenvalue weighted by Crippen LogP contribution is -2.25. The van der Waals surface area contributed by atoms with E-state index < -0.39 is 0 Å². The van der Waals surface area contributed by atoms with E-state index in [2.05, 4.69) is 56.2 Å². The standard InChI is InChI=1S/C53H82O4/c1-5-8-9-10-11-12-13-14-17-20-23-27-44-55-51-37-32-48(33-38-51)45-56-52-39-41-53(42-40-52)57-49(7-3)34-29-47-30-35-50(36-31-47)54-43-26-24-21-18-15-16-19-22-25-28-46(4)6-2/h5-7,30,35-36,39-42,46-48,51H,1-2,8-28,31-33,37-38,43-45H2,3-4H3/b49-7+. The summed E-state index contributed by atoms with van der Waals surface area (Å²) in [4.78, 5) is 0. The van der Waals surface area contributed by atoms with Gasteiger partial charge in [0.25, 0.3) is 0 Å². The fourth-order valence-electron chi connectivity index (χ4n) is 7.71. The molecule has 1 aromatic carbocycles. The Morgan fingerprint density at radius 1 is 0.719 bits per heavy atom. The summed E-state index contributed by atoms with van der Waals surface area (Å²) >= 11 is 0. The van der Waals surface area contributed by atoms with Gasteiger partial charge in [-0.1, -0.05) is 134 Å². The van der Waals surface area contributed by atoms with E-state index in [-0.39, 0.29) is 5.92 Å². The summed E-state index contributed by atoms with van der Waals surface area (Å²) in [7, 11) is 0. The van der Waals surface area contributed by atoms with Gasteiger partial charge in [0.15, 0.2) is 5.76 Å². The topological polar surface area (TPSA) is 36.9 Å². The third kappa shape index (κ3) is 24.4. The van der Waals surface area contributed by atoms with Gasteiger partial charge in [0.1, 0.15) is 17.3 Å². The maximum absolute atomic E-state index is 6.25. The normalized spacial score (nSPS) is 18.6. The molecule has 0 bridgehead atoms. The van der Waals surface area contributed by atoms with E-state index in [1.165, 1.54) is 141 Å². The molecule has 0 spiro atoms. The molecule has 0 heterocycles. The Bertz CT molecular complexity index is 1320. The van der Waals surface area contributed by atoms with Gasteiger partial charge in [-0.05, 0) is 131 Å². The van der Waals surface area contributed by atoms with Crippen molar-refractivity contribution in [3.05, 3.63) is 85.4 Å². The summed E-state index contributed by atoms with van der Waals surface area (Å²) in [6, 6.07) is 7.95. The molecule has 4 nitrogen and oxygen atoms in total. The van der Waals surface area contributed by atoms with Crippen LogP contribution in [-0.2, 0) is 9.47 Å². The van der Waals surface area contributed by atoms with E-state index >= 15 is 0 Å². The number of rotatable bonds is 33. The summed E-state index contributed by atoms with van der Waals surface area (Å²) in [5.41, 5.74) is 0. The third-order valence-corrected chi connectivity index (χ3v) is 11.7. The van der Waals surface area contributed by atoms with Crippen molar-refractivity contribution in [2.24, 2.45) is 17.8 Å². The first-order valence-corrected chi connectivity index (χ1v) is 23.5. The zero-order valence-electron chi connectivity index (χ0n) is 36.6. The van der Waals surface area contributed by atoms with E-state index in [4.69, 9.17) is 18.9 Å². The Labute approximate surface area is 351 Å². The lowest BCUT2D eigenvalue weighted by Gasteiger charge is -2.28. The molecule has 0 aliphatic heterocycles. The van der Waals surface area contributed by atoms with Gasteiger partial charge < -0.3 is 18.9 Å². The number of unbranched alkanes of at least 4 members (excludes halogenated alkanes) is 18. The number of hydrogen-bond donors (Lipinski definition) is 0. The summed E-state index contributed by atoms with van der Waals surface area (Å²) in [6.07, 6.45) is 46.2. The molecule has 3 rings (SSSR count). The highest BCUT2D eigenvalue weighted by atomic mass is 16.5. The van der Waals surface area contributed by atoms with Gasteiger partial charge in [0, 0.05) is 12.5 Å². The molecular weight excluding hydrogens is 701 g/mol. The molecule has 0 radical (unpaired) electrons. The van der Waals surface area contributed by atoms with Gasteiger partial charge >= 0.3 is 0 Å².